The number of nitrogens with zero attached hydrogens (tertiary/aromatic N) is 1. The summed E-state index contributed by atoms with van der Waals surface area (Å²) in [4.78, 5) is 0. The van der Waals surface area contributed by atoms with Gasteiger partial charge in [0.2, 0.25) is 0 Å². The number of rotatable bonds is 2. The number of aliphatic hydroxyl groups excluding tert-OH is 1. The first-order valence-corrected chi connectivity index (χ1v) is 5.44. The van der Waals surface area contributed by atoms with Crippen molar-refractivity contribution in [3.05, 3.63) is 28.9 Å². The van der Waals surface area contributed by atoms with Gasteiger partial charge in [-0.2, -0.15) is 0 Å². The van der Waals surface area contributed by atoms with Gasteiger partial charge < -0.3 is 14.4 Å². The number of ether oxygens (including phenoxy) is 1. The van der Waals surface area contributed by atoms with Gasteiger partial charge in [-0.1, -0.05) is 23.7 Å². The number of aromatic nitrogens is 1. The second-order valence-corrected chi connectivity index (χ2v) is 4.15. The maximum Gasteiger partial charge on any atom is 0.143 e. The molecule has 4 heteroatoms. The minimum atomic E-state index is -0.594. The highest BCUT2D eigenvalue weighted by atomic mass is 35.5. The van der Waals surface area contributed by atoms with E-state index in [1.807, 2.05) is 29.8 Å². The maximum absolute atomic E-state index is 9.74. The van der Waals surface area contributed by atoms with Crippen LogP contribution in [0.25, 0.3) is 10.9 Å². The van der Waals surface area contributed by atoms with Gasteiger partial charge in [-0.3, -0.25) is 0 Å². The van der Waals surface area contributed by atoms with Gasteiger partial charge in [-0.15, -0.1) is 0 Å². The molecule has 0 aliphatic carbocycles. The zero-order chi connectivity index (χ0) is 11.9. The van der Waals surface area contributed by atoms with Crippen molar-refractivity contribution in [3.8, 4) is 5.75 Å². The van der Waals surface area contributed by atoms with Gasteiger partial charge in [0.1, 0.15) is 10.9 Å². The van der Waals surface area contributed by atoms with E-state index in [-0.39, 0.29) is 0 Å². The SMILES string of the molecule is COc1cccc2c(C(C)O)c(Cl)n(C)c12. The highest BCUT2D eigenvalue weighted by Gasteiger charge is 2.19. The fourth-order valence-electron chi connectivity index (χ4n) is 2.04. The molecule has 3 nitrogen and oxygen atoms in total. The molecule has 16 heavy (non-hydrogen) atoms. The van der Waals surface area contributed by atoms with Gasteiger partial charge in [0.25, 0.3) is 0 Å². The van der Waals surface area contributed by atoms with Crippen LogP contribution in [-0.4, -0.2) is 16.8 Å². The van der Waals surface area contributed by atoms with Crippen LogP contribution < -0.4 is 4.74 Å². The highest BCUT2D eigenvalue weighted by Crippen LogP contribution is 2.37. The third kappa shape index (κ3) is 1.47. The van der Waals surface area contributed by atoms with Crippen LogP contribution in [0.15, 0.2) is 18.2 Å². The predicted octanol–water partition coefficient (Wildman–Crippen LogP) is 2.89. The summed E-state index contributed by atoms with van der Waals surface area (Å²) in [6, 6.07) is 5.71. The van der Waals surface area contributed by atoms with E-state index in [2.05, 4.69) is 0 Å². The summed E-state index contributed by atoms with van der Waals surface area (Å²) in [6.07, 6.45) is -0.594. The van der Waals surface area contributed by atoms with Crippen molar-refractivity contribution in [1.29, 1.82) is 0 Å². The number of halogens is 1. The van der Waals surface area contributed by atoms with E-state index in [4.69, 9.17) is 16.3 Å². The largest absolute Gasteiger partial charge is 0.495 e. The molecular weight excluding hydrogens is 226 g/mol. The van der Waals surface area contributed by atoms with Crippen molar-refractivity contribution in [2.24, 2.45) is 7.05 Å². The van der Waals surface area contributed by atoms with E-state index in [0.29, 0.717) is 5.15 Å². The van der Waals surface area contributed by atoms with Crippen LogP contribution >= 0.6 is 11.6 Å². The Morgan fingerprint density at radius 1 is 1.44 bits per heavy atom. The molecule has 1 atom stereocenters. The number of aliphatic hydroxyl groups is 1. The molecule has 1 unspecified atom stereocenters. The van der Waals surface area contributed by atoms with Gasteiger partial charge in [0, 0.05) is 18.0 Å². The third-order valence-electron chi connectivity index (χ3n) is 2.78. The molecule has 1 N–H and O–H groups in total. The average molecular weight is 240 g/mol. The molecule has 2 aromatic rings. The van der Waals surface area contributed by atoms with Gasteiger partial charge >= 0.3 is 0 Å². The number of fused-ring (bicyclic) bond motifs is 1. The molecule has 0 amide bonds. The van der Waals surface area contributed by atoms with E-state index in [1.54, 1.807) is 14.0 Å². The van der Waals surface area contributed by atoms with Crippen molar-refractivity contribution in [1.82, 2.24) is 4.57 Å². The van der Waals surface area contributed by atoms with Crippen LogP contribution in [0, 0.1) is 0 Å². The first-order valence-electron chi connectivity index (χ1n) is 5.06. The number of hydrogen-bond acceptors (Lipinski definition) is 2. The molecule has 0 aliphatic rings. The van der Waals surface area contributed by atoms with Crippen molar-refractivity contribution in [2.45, 2.75) is 13.0 Å². The molecule has 0 saturated carbocycles. The highest BCUT2D eigenvalue weighted by molar-refractivity contribution is 6.32. The fraction of sp³-hybridized carbons (Fsp3) is 0.333. The molecule has 2 rings (SSSR count). The van der Waals surface area contributed by atoms with Crippen molar-refractivity contribution < 1.29 is 9.84 Å². The molecule has 0 fully saturated rings. The quantitative estimate of drug-likeness (QED) is 0.875. The fourth-order valence-corrected chi connectivity index (χ4v) is 2.38. The van der Waals surface area contributed by atoms with Crippen LogP contribution in [0.3, 0.4) is 0 Å². The van der Waals surface area contributed by atoms with E-state index in [1.165, 1.54) is 0 Å². The van der Waals surface area contributed by atoms with E-state index >= 15 is 0 Å². The van der Waals surface area contributed by atoms with E-state index in [9.17, 15) is 5.11 Å². The number of hydrogen-bond donors (Lipinski definition) is 1. The molecule has 86 valence electrons. The molecule has 1 aromatic carbocycles. The zero-order valence-corrected chi connectivity index (χ0v) is 10.2. The molecule has 0 aliphatic heterocycles. The lowest BCUT2D eigenvalue weighted by atomic mass is 10.1. The van der Waals surface area contributed by atoms with Crippen LogP contribution in [0.4, 0.5) is 0 Å². The molecule has 1 aromatic heterocycles. The molecule has 1 heterocycles. The monoisotopic (exact) mass is 239 g/mol. The second-order valence-electron chi connectivity index (χ2n) is 3.80. The molecule has 0 radical (unpaired) electrons. The molecule has 0 spiro atoms. The van der Waals surface area contributed by atoms with Crippen LogP contribution in [-0.2, 0) is 7.05 Å². The Hall–Kier alpha value is -1.19. The lowest BCUT2D eigenvalue weighted by Crippen LogP contribution is -1.92. The van der Waals surface area contributed by atoms with Crippen molar-refractivity contribution >= 4 is 22.5 Å². The standard InChI is InChI=1S/C12H14ClNO2/c1-7(15)10-8-5-4-6-9(16-3)11(8)14(2)12(10)13/h4-7,15H,1-3H3. The summed E-state index contributed by atoms with van der Waals surface area (Å²) < 4.78 is 7.13. The van der Waals surface area contributed by atoms with Crippen LogP contribution in [0.1, 0.15) is 18.6 Å². The topological polar surface area (TPSA) is 34.4 Å². The Labute approximate surface area is 99.2 Å². The number of methoxy groups -OCH3 is 1. The Morgan fingerprint density at radius 3 is 2.69 bits per heavy atom. The average Bonchev–Trinajstić information content (AvgIpc) is 2.51. The minimum absolute atomic E-state index is 0.550. The Bertz CT molecular complexity index is 531. The predicted molar refractivity (Wildman–Crippen MR) is 65.1 cm³/mol. The van der Waals surface area contributed by atoms with Gasteiger partial charge in [0.05, 0.1) is 18.7 Å². The number of benzene rings is 1. The molecular formula is C12H14ClNO2. The van der Waals surface area contributed by atoms with Gasteiger partial charge in [-0.05, 0) is 13.0 Å². The summed E-state index contributed by atoms with van der Waals surface area (Å²) in [5.74, 6) is 0.758. The van der Waals surface area contributed by atoms with Crippen molar-refractivity contribution in [2.75, 3.05) is 7.11 Å². The van der Waals surface area contributed by atoms with Crippen molar-refractivity contribution in [3.63, 3.8) is 0 Å². The van der Waals surface area contributed by atoms with Crippen LogP contribution in [0.2, 0.25) is 5.15 Å². The lowest BCUT2D eigenvalue weighted by Gasteiger charge is -2.04. The number of para-hydroxylation sites is 1. The normalized spacial score (nSPS) is 13.1. The number of aryl methyl sites for hydroxylation is 1. The van der Waals surface area contributed by atoms with E-state index in [0.717, 1.165) is 22.2 Å². The third-order valence-corrected chi connectivity index (χ3v) is 3.24. The first-order chi connectivity index (χ1) is 7.57. The molecule has 0 bridgehead atoms. The Balaban J connectivity index is 2.89. The van der Waals surface area contributed by atoms with Crippen LogP contribution in [0.5, 0.6) is 5.75 Å². The molecule has 0 saturated heterocycles. The smallest absolute Gasteiger partial charge is 0.143 e. The lowest BCUT2D eigenvalue weighted by molar-refractivity contribution is 0.201. The second kappa shape index (κ2) is 4.00. The zero-order valence-electron chi connectivity index (χ0n) is 9.49. The summed E-state index contributed by atoms with van der Waals surface area (Å²) in [5, 5.41) is 11.2. The van der Waals surface area contributed by atoms with Gasteiger partial charge in [-0.25, -0.2) is 0 Å². The minimum Gasteiger partial charge on any atom is -0.495 e. The van der Waals surface area contributed by atoms with Gasteiger partial charge in [0.15, 0.2) is 0 Å². The first kappa shape index (κ1) is 11.3. The summed E-state index contributed by atoms with van der Waals surface area (Å²) >= 11 is 6.21. The maximum atomic E-state index is 9.74. The summed E-state index contributed by atoms with van der Waals surface area (Å²) in [6.45, 7) is 1.71. The Kier molecular flexibility index (Phi) is 2.82. The Morgan fingerprint density at radius 2 is 2.12 bits per heavy atom. The van der Waals surface area contributed by atoms with E-state index < -0.39 is 6.10 Å². The summed E-state index contributed by atoms with van der Waals surface area (Å²) in [7, 11) is 3.48. The summed E-state index contributed by atoms with van der Waals surface area (Å²) in [5.41, 5.74) is 1.66.